The first-order valence-corrected chi connectivity index (χ1v) is 12.7. The number of non-ortho nitro benzene ring substituents is 1. The molecule has 0 saturated carbocycles. The van der Waals surface area contributed by atoms with Crippen molar-refractivity contribution in [3.8, 4) is 17.1 Å². The lowest BCUT2D eigenvalue weighted by Crippen LogP contribution is -2.32. The van der Waals surface area contributed by atoms with Crippen molar-refractivity contribution in [1.29, 1.82) is 0 Å². The Morgan fingerprint density at radius 3 is 2.73 bits per heavy atom. The van der Waals surface area contributed by atoms with Crippen LogP contribution in [0.2, 0.25) is 0 Å². The quantitative estimate of drug-likeness (QED) is 0.157. The van der Waals surface area contributed by atoms with Crippen LogP contribution in [0.5, 0.6) is 5.75 Å². The van der Waals surface area contributed by atoms with Crippen molar-refractivity contribution in [2.75, 3.05) is 19.0 Å². The highest BCUT2D eigenvalue weighted by atomic mass is 32.1. The number of nitro groups is 1. The van der Waals surface area contributed by atoms with Gasteiger partial charge >= 0.3 is 0 Å². The largest absolute Gasteiger partial charge is 0.496 e. The molecule has 12 heteroatoms. The fourth-order valence-electron chi connectivity index (χ4n) is 4.61. The Morgan fingerprint density at radius 1 is 1.20 bits per heavy atom. The summed E-state index contributed by atoms with van der Waals surface area (Å²) >= 11 is 5.65. The highest BCUT2D eigenvalue weighted by Crippen LogP contribution is 2.42. The van der Waals surface area contributed by atoms with Gasteiger partial charge in [0.25, 0.3) is 5.69 Å². The van der Waals surface area contributed by atoms with Gasteiger partial charge in [0.1, 0.15) is 29.1 Å². The fraction of sp³-hybridized carbons (Fsp3) is 0.179. The van der Waals surface area contributed by atoms with Crippen LogP contribution in [0.3, 0.4) is 0 Å². The molecule has 2 N–H and O–H groups in total. The number of halogens is 1. The van der Waals surface area contributed by atoms with Gasteiger partial charge in [0.05, 0.1) is 41.1 Å². The number of aromatic nitrogens is 1. The average molecular weight is 562 g/mol. The van der Waals surface area contributed by atoms with Gasteiger partial charge in [-0.1, -0.05) is 18.2 Å². The second-order valence-corrected chi connectivity index (χ2v) is 9.33. The number of rotatable bonds is 9. The molecule has 1 fully saturated rings. The number of hydrogen-bond donors (Lipinski definition) is 2. The number of furan rings is 1. The Balaban J connectivity index is 1.43. The number of para-hydroxylation sites is 1. The smallest absolute Gasteiger partial charge is 0.273 e. The van der Waals surface area contributed by atoms with Gasteiger partial charge in [-0.2, -0.15) is 0 Å². The molecule has 204 valence electrons. The molecule has 2 atom stereocenters. The van der Waals surface area contributed by atoms with Gasteiger partial charge in [-0.25, -0.2) is 4.39 Å². The number of benzene rings is 2. The van der Waals surface area contributed by atoms with Crippen molar-refractivity contribution in [1.82, 2.24) is 15.2 Å². The lowest BCUT2D eigenvalue weighted by atomic mass is 10.0. The van der Waals surface area contributed by atoms with Crippen LogP contribution in [0, 0.1) is 15.9 Å². The SMILES string of the molecule is COc1cc([N+](=O)[O-])ccc1-c1ccc(C2C(c3ccccn3)NC(=S)N2CCC(=O)Nc2ccccc2F)o1. The topological polar surface area (TPSA) is 123 Å². The lowest BCUT2D eigenvalue weighted by molar-refractivity contribution is -0.384. The molecule has 3 heterocycles. The molecular weight excluding hydrogens is 537 g/mol. The molecule has 2 unspecified atom stereocenters. The zero-order chi connectivity index (χ0) is 28.2. The third kappa shape index (κ3) is 5.47. The Hall–Kier alpha value is -4.84. The van der Waals surface area contributed by atoms with Crippen LogP contribution in [-0.2, 0) is 4.79 Å². The Kier molecular flexibility index (Phi) is 7.69. The molecule has 40 heavy (non-hydrogen) atoms. The number of methoxy groups -OCH3 is 1. The van der Waals surface area contributed by atoms with Crippen LogP contribution >= 0.6 is 12.2 Å². The maximum Gasteiger partial charge on any atom is 0.273 e. The van der Waals surface area contributed by atoms with Gasteiger partial charge in [-0.15, -0.1) is 0 Å². The van der Waals surface area contributed by atoms with E-state index in [0.29, 0.717) is 22.2 Å². The van der Waals surface area contributed by atoms with Crippen LogP contribution in [0.25, 0.3) is 11.3 Å². The van der Waals surface area contributed by atoms with Crippen molar-refractivity contribution in [3.63, 3.8) is 0 Å². The molecule has 5 rings (SSSR count). The van der Waals surface area contributed by atoms with E-state index in [1.807, 2.05) is 23.1 Å². The number of amides is 1. The number of hydrogen-bond acceptors (Lipinski definition) is 7. The molecule has 10 nitrogen and oxygen atoms in total. The predicted octanol–water partition coefficient (Wildman–Crippen LogP) is 5.40. The molecular formula is C28H24FN5O5S. The fourth-order valence-corrected chi connectivity index (χ4v) is 4.94. The van der Waals surface area contributed by atoms with Gasteiger partial charge in [0, 0.05) is 25.2 Å². The van der Waals surface area contributed by atoms with Crippen molar-refractivity contribution >= 4 is 34.6 Å². The summed E-state index contributed by atoms with van der Waals surface area (Å²) in [5, 5.41) is 17.5. The third-order valence-electron chi connectivity index (χ3n) is 6.51. The maximum atomic E-state index is 14.0. The highest BCUT2D eigenvalue weighted by Gasteiger charge is 2.41. The molecule has 1 aliphatic heterocycles. The second kappa shape index (κ2) is 11.5. The molecule has 0 bridgehead atoms. The minimum absolute atomic E-state index is 0.0331. The van der Waals surface area contributed by atoms with E-state index >= 15 is 0 Å². The molecule has 1 aliphatic rings. The number of nitrogens with one attached hydrogen (secondary N) is 2. The van der Waals surface area contributed by atoms with E-state index in [9.17, 15) is 19.3 Å². The van der Waals surface area contributed by atoms with E-state index in [0.717, 1.165) is 5.69 Å². The molecule has 2 aromatic carbocycles. The standard InChI is InChI=1S/C28H24FN5O5S/c1-38-24-16-17(34(36)37)9-10-18(24)22-11-12-23(39-22)27-26(21-8-4-5-14-30-21)32-28(40)33(27)15-13-25(35)31-20-7-3-2-6-19(20)29/h2-12,14,16,26-27H,13,15H2,1H3,(H,31,35)(H,32,40). The Labute approximate surface area is 233 Å². The van der Waals surface area contributed by atoms with E-state index in [2.05, 4.69) is 15.6 Å². The number of nitro benzene ring substituents is 1. The molecule has 0 radical (unpaired) electrons. The summed E-state index contributed by atoms with van der Waals surface area (Å²) < 4.78 is 25.7. The van der Waals surface area contributed by atoms with Crippen LogP contribution in [0.4, 0.5) is 15.8 Å². The first kappa shape index (κ1) is 26.8. The first-order valence-electron chi connectivity index (χ1n) is 12.3. The van der Waals surface area contributed by atoms with E-state index < -0.39 is 16.8 Å². The monoisotopic (exact) mass is 561 g/mol. The normalized spacial score (nSPS) is 16.4. The Bertz CT molecular complexity index is 1560. The van der Waals surface area contributed by atoms with Crippen molar-refractivity contribution < 1.29 is 23.3 Å². The van der Waals surface area contributed by atoms with Crippen LogP contribution in [0.15, 0.2) is 83.4 Å². The molecule has 0 spiro atoms. The summed E-state index contributed by atoms with van der Waals surface area (Å²) in [6.45, 7) is 0.219. The Morgan fingerprint density at radius 2 is 2.00 bits per heavy atom. The number of pyridine rings is 1. The maximum absolute atomic E-state index is 14.0. The minimum atomic E-state index is -0.521. The lowest BCUT2D eigenvalue weighted by Gasteiger charge is -2.25. The van der Waals surface area contributed by atoms with Gasteiger partial charge in [-0.05, 0) is 54.7 Å². The summed E-state index contributed by atoms with van der Waals surface area (Å²) in [4.78, 5) is 29.7. The highest BCUT2D eigenvalue weighted by molar-refractivity contribution is 7.80. The molecule has 2 aromatic heterocycles. The summed E-state index contributed by atoms with van der Waals surface area (Å²) in [6.07, 6.45) is 1.71. The van der Waals surface area contributed by atoms with E-state index in [4.69, 9.17) is 21.4 Å². The molecule has 0 aliphatic carbocycles. The van der Waals surface area contributed by atoms with Gasteiger partial charge in [0.2, 0.25) is 5.91 Å². The van der Waals surface area contributed by atoms with Crippen molar-refractivity contribution in [2.24, 2.45) is 0 Å². The molecule has 4 aromatic rings. The minimum Gasteiger partial charge on any atom is -0.496 e. The zero-order valence-electron chi connectivity index (χ0n) is 21.2. The molecule has 1 amide bonds. The second-order valence-electron chi connectivity index (χ2n) is 8.94. The van der Waals surface area contributed by atoms with Gasteiger partial charge in [0.15, 0.2) is 5.11 Å². The number of anilines is 1. The number of nitrogens with zero attached hydrogens (tertiary/aromatic N) is 3. The van der Waals surface area contributed by atoms with E-state index in [1.54, 1.807) is 36.5 Å². The van der Waals surface area contributed by atoms with E-state index in [-0.39, 0.29) is 42.0 Å². The number of ether oxygens (including phenoxy) is 1. The number of thiocarbonyl (C=S) groups is 1. The zero-order valence-corrected chi connectivity index (χ0v) is 22.1. The summed E-state index contributed by atoms with van der Waals surface area (Å²) in [6, 6.07) is 18.5. The van der Waals surface area contributed by atoms with Gasteiger partial charge < -0.3 is 24.7 Å². The van der Waals surface area contributed by atoms with Crippen LogP contribution < -0.4 is 15.4 Å². The number of carbonyl (C=O) groups is 1. The van der Waals surface area contributed by atoms with E-state index in [1.165, 1.54) is 31.4 Å². The summed E-state index contributed by atoms with van der Waals surface area (Å²) in [5.74, 6) is 0.374. The predicted molar refractivity (Wildman–Crippen MR) is 149 cm³/mol. The average Bonchev–Trinajstić information content (AvgIpc) is 3.57. The first-order chi connectivity index (χ1) is 19.4. The van der Waals surface area contributed by atoms with Crippen LogP contribution in [0.1, 0.15) is 30.0 Å². The third-order valence-corrected chi connectivity index (χ3v) is 6.86. The van der Waals surface area contributed by atoms with Crippen molar-refractivity contribution in [3.05, 3.63) is 106 Å². The van der Waals surface area contributed by atoms with Crippen molar-refractivity contribution in [2.45, 2.75) is 18.5 Å². The summed E-state index contributed by atoms with van der Waals surface area (Å²) in [5.41, 5.74) is 1.26. The number of carbonyl (C=O) groups excluding carboxylic acids is 1. The van der Waals surface area contributed by atoms with Gasteiger partial charge in [-0.3, -0.25) is 19.9 Å². The molecule has 1 saturated heterocycles. The van der Waals surface area contributed by atoms with Crippen LogP contribution in [-0.4, -0.2) is 39.5 Å². The summed E-state index contributed by atoms with van der Waals surface area (Å²) in [7, 11) is 1.43.